The van der Waals surface area contributed by atoms with E-state index in [1.54, 1.807) is 0 Å². The third kappa shape index (κ3) is 3.12. The van der Waals surface area contributed by atoms with E-state index in [1.165, 1.54) is 36.8 Å². The molecule has 2 nitrogen and oxygen atoms in total. The summed E-state index contributed by atoms with van der Waals surface area (Å²) in [5, 5.41) is 0. The molecule has 1 aliphatic carbocycles. The van der Waals surface area contributed by atoms with Gasteiger partial charge in [0.1, 0.15) is 0 Å². The van der Waals surface area contributed by atoms with Crippen molar-refractivity contribution in [3.8, 4) is 0 Å². The first kappa shape index (κ1) is 13.6. The molecule has 0 heterocycles. The van der Waals surface area contributed by atoms with Gasteiger partial charge in [-0.05, 0) is 42.2 Å². The molecule has 1 aromatic rings. The monoisotopic (exact) mass is 246 g/mol. The number of hydrogen-bond donors (Lipinski definition) is 2. The molecular formula is C16H26N2. The molecule has 1 fully saturated rings. The van der Waals surface area contributed by atoms with E-state index in [0.29, 0.717) is 12.0 Å². The zero-order valence-corrected chi connectivity index (χ0v) is 11.7. The lowest BCUT2D eigenvalue weighted by molar-refractivity contribution is 0.224. The topological polar surface area (TPSA) is 38.0 Å². The van der Waals surface area contributed by atoms with E-state index < -0.39 is 0 Å². The Hall–Kier alpha value is -0.860. The van der Waals surface area contributed by atoms with Gasteiger partial charge in [0, 0.05) is 6.04 Å². The predicted octanol–water partition coefficient (Wildman–Crippen LogP) is 3.58. The van der Waals surface area contributed by atoms with Crippen LogP contribution in [0, 0.1) is 11.8 Å². The van der Waals surface area contributed by atoms with E-state index >= 15 is 0 Å². The van der Waals surface area contributed by atoms with Crippen LogP contribution in [0.5, 0.6) is 0 Å². The van der Waals surface area contributed by atoms with E-state index in [1.807, 2.05) is 0 Å². The molecule has 0 amide bonds. The predicted molar refractivity (Wildman–Crippen MR) is 77.0 cm³/mol. The summed E-state index contributed by atoms with van der Waals surface area (Å²) in [6.45, 7) is 4.55. The summed E-state index contributed by atoms with van der Waals surface area (Å²) in [6.07, 6.45) is 6.42. The fourth-order valence-corrected chi connectivity index (χ4v) is 3.25. The van der Waals surface area contributed by atoms with Gasteiger partial charge >= 0.3 is 0 Å². The lowest BCUT2D eigenvalue weighted by atomic mass is 9.77. The lowest BCUT2D eigenvalue weighted by Gasteiger charge is -2.33. The zero-order valence-electron chi connectivity index (χ0n) is 11.7. The molecule has 18 heavy (non-hydrogen) atoms. The summed E-state index contributed by atoms with van der Waals surface area (Å²) >= 11 is 0. The first-order valence-corrected chi connectivity index (χ1v) is 7.29. The van der Waals surface area contributed by atoms with Crippen LogP contribution in [0.25, 0.3) is 0 Å². The minimum atomic E-state index is 0.318. The molecule has 2 heteroatoms. The Labute approximate surface area is 111 Å². The highest BCUT2D eigenvalue weighted by Crippen LogP contribution is 2.36. The van der Waals surface area contributed by atoms with Crippen LogP contribution in [0.4, 0.5) is 0 Å². The number of hydrogen-bond acceptors (Lipinski definition) is 2. The molecule has 0 aromatic heterocycles. The van der Waals surface area contributed by atoms with E-state index in [4.69, 9.17) is 5.84 Å². The molecule has 2 rings (SSSR count). The molecule has 0 radical (unpaired) electrons. The van der Waals surface area contributed by atoms with Crippen molar-refractivity contribution in [2.75, 3.05) is 0 Å². The molecule has 1 saturated carbocycles. The van der Waals surface area contributed by atoms with E-state index in [-0.39, 0.29) is 0 Å². The third-order valence-corrected chi connectivity index (χ3v) is 4.38. The van der Waals surface area contributed by atoms with E-state index in [9.17, 15) is 0 Å². The Morgan fingerprint density at radius 3 is 2.56 bits per heavy atom. The first-order chi connectivity index (χ1) is 8.74. The standard InChI is InChI=1S/C16H26N2/c1-3-13-7-9-14(10-8-13)16(18-17)15-6-4-5-12(2)11-15/h7-10,12,15-16,18H,3-6,11,17H2,1-2H3. The normalized spacial score (nSPS) is 25.9. The van der Waals surface area contributed by atoms with Crippen molar-refractivity contribution in [3.05, 3.63) is 35.4 Å². The van der Waals surface area contributed by atoms with Crippen molar-refractivity contribution >= 4 is 0 Å². The van der Waals surface area contributed by atoms with Crippen LogP contribution in [-0.2, 0) is 6.42 Å². The molecular weight excluding hydrogens is 220 g/mol. The maximum absolute atomic E-state index is 5.80. The van der Waals surface area contributed by atoms with Crippen LogP contribution >= 0.6 is 0 Å². The highest BCUT2D eigenvalue weighted by Gasteiger charge is 2.26. The molecule has 0 bridgehead atoms. The molecule has 3 atom stereocenters. The van der Waals surface area contributed by atoms with Crippen molar-refractivity contribution in [3.63, 3.8) is 0 Å². The third-order valence-electron chi connectivity index (χ3n) is 4.38. The number of aryl methyl sites for hydroxylation is 1. The summed E-state index contributed by atoms with van der Waals surface area (Å²) in [5.41, 5.74) is 5.78. The molecule has 0 aliphatic heterocycles. The van der Waals surface area contributed by atoms with Crippen molar-refractivity contribution in [2.45, 2.75) is 52.0 Å². The Morgan fingerprint density at radius 1 is 1.28 bits per heavy atom. The fourth-order valence-electron chi connectivity index (χ4n) is 3.25. The maximum atomic E-state index is 5.80. The van der Waals surface area contributed by atoms with Crippen molar-refractivity contribution in [1.29, 1.82) is 0 Å². The molecule has 0 saturated heterocycles. The van der Waals surface area contributed by atoms with Crippen LogP contribution in [0.15, 0.2) is 24.3 Å². The first-order valence-electron chi connectivity index (χ1n) is 7.29. The van der Waals surface area contributed by atoms with Crippen molar-refractivity contribution in [2.24, 2.45) is 17.7 Å². The average Bonchev–Trinajstić information content (AvgIpc) is 2.40. The Kier molecular flexibility index (Phi) is 4.79. The molecule has 3 N–H and O–H groups in total. The number of nitrogens with two attached hydrogens (primary N) is 1. The van der Waals surface area contributed by atoms with Crippen LogP contribution in [0.3, 0.4) is 0 Å². The summed E-state index contributed by atoms with van der Waals surface area (Å²) in [5.74, 6) is 7.33. The van der Waals surface area contributed by atoms with Gasteiger partial charge in [-0.3, -0.25) is 11.3 Å². The highest BCUT2D eigenvalue weighted by molar-refractivity contribution is 5.25. The average molecular weight is 246 g/mol. The van der Waals surface area contributed by atoms with Gasteiger partial charge in [-0.2, -0.15) is 0 Å². The maximum Gasteiger partial charge on any atom is 0.0488 e. The summed E-state index contributed by atoms with van der Waals surface area (Å²) in [6, 6.07) is 9.25. The second-order valence-corrected chi connectivity index (χ2v) is 5.77. The van der Waals surface area contributed by atoms with Crippen molar-refractivity contribution in [1.82, 2.24) is 5.43 Å². The highest BCUT2D eigenvalue weighted by atomic mass is 15.2. The SMILES string of the molecule is CCc1ccc(C(NN)C2CCCC(C)C2)cc1. The lowest BCUT2D eigenvalue weighted by Crippen LogP contribution is -2.35. The quantitative estimate of drug-likeness (QED) is 0.629. The Balaban J connectivity index is 2.11. The number of nitrogens with one attached hydrogen (secondary N) is 1. The van der Waals surface area contributed by atoms with Gasteiger partial charge in [-0.1, -0.05) is 51.0 Å². The van der Waals surface area contributed by atoms with E-state index in [2.05, 4.69) is 43.5 Å². The van der Waals surface area contributed by atoms with Gasteiger partial charge < -0.3 is 0 Å². The van der Waals surface area contributed by atoms with Crippen molar-refractivity contribution < 1.29 is 0 Å². The van der Waals surface area contributed by atoms with Gasteiger partial charge in [0.2, 0.25) is 0 Å². The Morgan fingerprint density at radius 2 is 2.00 bits per heavy atom. The van der Waals surface area contributed by atoms with Gasteiger partial charge in [0.15, 0.2) is 0 Å². The van der Waals surface area contributed by atoms with E-state index in [0.717, 1.165) is 12.3 Å². The minimum absolute atomic E-state index is 0.318. The summed E-state index contributed by atoms with van der Waals surface area (Å²) in [7, 11) is 0. The van der Waals surface area contributed by atoms with Crippen LogP contribution < -0.4 is 11.3 Å². The van der Waals surface area contributed by atoms with Crippen LogP contribution in [-0.4, -0.2) is 0 Å². The molecule has 1 aromatic carbocycles. The Bertz CT molecular complexity index is 358. The van der Waals surface area contributed by atoms with Crippen LogP contribution in [0.2, 0.25) is 0 Å². The second-order valence-electron chi connectivity index (χ2n) is 5.77. The summed E-state index contributed by atoms with van der Waals surface area (Å²) in [4.78, 5) is 0. The van der Waals surface area contributed by atoms with Gasteiger partial charge in [0.25, 0.3) is 0 Å². The smallest absolute Gasteiger partial charge is 0.0488 e. The number of hydrazine groups is 1. The number of rotatable bonds is 4. The van der Waals surface area contributed by atoms with Gasteiger partial charge in [0.05, 0.1) is 0 Å². The zero-order chi connectivity index (χ0) is 13.0. The second kappa shape index (κ2) is 6.35. The number of benzene rings is 1. The van der Waals surface area contributed by atoms with Gasteiger partial charge in [-0.25, -0.2) is 0 Å². The minimum Gasteiger partial charge on any atom is -0.271 e. The molecule has 0 spiro atoms. The largest absolute Gasteiger partial charge is 0.271 e. The van der Waals surface area contributed by atoms with Crippen LogP contribution in [0.1, 0.15) is 56.7 Å². The fraction of sp³-hybridized carbons (Fsp3) is 0.625. The molecule has 1 aliphatic rings. The van der Waals surface area contributed by atoms with Gasteiger partial charge in [-0.15, -0.1) is 0 Å². The molecule has 3 unspecified atom stereocenters. The molecule has 100 valence electrons. The summed E-state index contributed by atoms with van der Waals surface area (Å²) < 4.78 is 0.